The third-order valence-electron chi connectivity index (χ3n) is 7.68. The molecule has 15 heteroatoms. The van der Waals surface area contributed by atoms with E-state index < -0.39 is 85.9 Å². The molecule has 0 aromatic heterocycles. The molecule has 0 aliphatic carbocycles. The SMILES string of the molecule is C=CC/C=C(\CC=C)C(=O)O[C@@]1(O)[C@@H](O)[C@H](O)[C@@H](CO)O[C@@]1(OC(=O)C(CC=C)=C(CC=C)CC=C)OC1(CO)O[C@H](CO)[C@@H](O)[C@@H]1O. The number of allylic oxidation sites excluding steroid dienone is 7. The largest absolute Gasteiger partial charge is 0.417 e. The Kier molecular flexibility index (Phi) is 15.2. The summed E-state index contributed by atoms with van der Waals surface area (Å²) in [6.07, 6.45) is -4.43. The molecule has 2 aliphatic heterocycles. The topological polar surface area (TPSA) is 242 Å². The lowest BCUT2D eigenvalue weighted by atomic mass is 9.92. The Morgan fingerprint density at radius 1 is 0.708 bits per heavy atom. The first-order valence-corrected chi connectivity index (χ1v) is 15.0. The molecule has 48 heavy (non-hydrogen) atoms. The van der Waals surface area contributed by atoms with E-state index in [1.165, 1.54) is 36.5 Å². The van der Waals surface area contributed by atoms with Crippen LogP contribution in [0.15, 0.2) is 86.1 Å². The lowest BCUT2D eigenvalue weighted by Gasteiger charge is -2.53. The van der Waals surface area contributed by atoms with Gasteiger partial charge >= 0.3 is 23.7 Å². The molecule has 15 nitrogen and oxygen atoms in total. The van der Waals surface area contributed by atoms with Gasteiger partial charge in [-0.05, 0) is 32.1 Å². The van der Waals surface area contributed by atoms with E-state index in [2.05, 4.69) is 32.9 Å². The summed E-state index contributed by atoms with van der Waals surface area (Å²) in [4.78, 5) is 27.6. The Balaban J connectivity index is 2.97. The standard InChI is InChI=1S/C33H46O15/c1-6-11-16-21(14-9-4)29(41)46-32(43)28(40)26(38)24(18-35)45-33(32,48-31(19-36)27(39)25(37)23(17-34)44-31)47-30(42)22(15-10-5)20(12-7-2)13-8-3/h6-10,16,23-28,34-40,43H,1-5,11-15,17-19H2/b21-16+/t23-,24-,25-,26-,27+,28+,31?,32+,33+/m1/s1. The fourth-order valence-corrected chi connectivity index (χ4v) is 5.15. The molecule has 2 fully saturated rings. The van der Waals surface area contributed by atoms with Crippen LogP contribution < -0.4 is 0 Å². The van der Waals surface area contributed by atoms with E-state index in [9.17, 15) is 50.4 Å². The quantitative estimate of drug-likeness (QED) is 0.0369. The second-order valence-electron chi connectivity index (χ2n) is 11.0. The Morgan fingerprint density at radius 3 is 1.73 bits per heavy atom. The summed E-state index contributed by atoms with van der Waals surface area (Å²) in [6, 6.07) is 0. The van der Waals surface area contributed by atoms with Crippen molar-refractivity contribution in [2.45, 2.75) is 86.3 Å². The van der Waals surface area contributed by atoms with Crippen molar-refractivity contribution in [3.8, 4) is 0 Å². The van der Waals surface area contributed by atoms with Crippen molar-refractivity contribution in [1.82, 2.24) is 0 Å². The molecule has 0 spiro atoms. The predicted octanol–water partition coefficient (Wildman–Crippen LogP) is -0.550. The maximum atomic E-state index is 14.1. The third-order valence-corrected chi connectivity index (χ3v) is 7.68. The number of carbonyl (C=O) groups is 2. The molecule has 0 aromatic rings. The Morgan fingerprint density at radius 2 is 1.25 bits per heavy atom. The van der Waals surface area contributed by atoms with Crippen LogP contribution in [0.25, 0.3) is 0 Å². The lowest BCUT2D eigenvalue weighted by molar-refractivity contribution is -0.553. The van der Waals surface area contributed by atoms with Gasteiger partial charge < -0.3 is 59.8 Å². The van der Waals surface area contributed by atoms with Gasteiger partial charge in [-0.3, -0.25) is 4.74 Å². The highest BCUT2D eigenvalue weighted by Crippen LogP contribution is 2.47. The van der Waals surface area contributed by atoms with E-state index in [-0.39, 0.29) is 43.3 Å². The van der Waals surface area contributed by atoms with E-state index in [0.717, 1.165) is 0 Å². The lowest BCUT2D eigenvalue weighted by Crippen LogP contribution is -2.78. The molecule has 0 aromatic carbocycles. The number of aliphatic hydroxyl groups is 8. The summed E-state index contributed by atoms with van der Waals surface area (Å²) in [6.45, 7) is 14.6. The normalized spacial score (nSPS) is 33.3. The highest BCUT2D eigenvalue weighted by atomic mass is 17.0. The second-order valence-corrected chi connectivity index (χ2v) is 11.0. The van der Waals surface area contributed by atoms with Gasteiger partial charge in [-0.1, -0.05) is 42.0 Å². The predicted molar refractivity (Wildman–Crippen MR) is 168 cm³/mol. The molecule has 0 amide bonds. The minimum Gasteiger partial charge on any atom is -0.417 e. The maximum Gasteiger partial charge on any atom is 0.405 e. The van der Waals surface area contributed by atoms with Crippen LogP contribution in [-0.2, 0) is 33.3 Å². The van der Waals surface area contributed by atoms with Gasteiger partial charge in [0.1, 0.15) is 37.1 Å². The van der Waals surface area contributed by atoms with E-state index in [1.54, 1.807) is 0 Å². The molecule has 0 radical (unpaired) electrons. The monoisotopic (exact) mass is 682 g/mol. The Labute approximate surface area is 278 Å². The second kappa shape index (κ2) is 17.9. The van der Waals surface area contributed by atoms with Gasteiger partial charge in [0.2, 0.25) is 5.79 Å². The summed E-state index contributed by atoms with van der Waals surface area (Å²) in [5.41, 5.74) is 0.0746. The number of rotatable bonds is 19. The van der Waals surface area contributed by atoms with Gasteiger partial charge in [0, 0.05) is 11.1 Å². The van der Waals surface area contributed by atoms with Crippen molar-refractivity contribution in [2.75, 3.05) is 19.8 Å². The number of ether oxygens (including phenoxy) is 5. The van der Waals surface area contributed by atoms with Crippen LogP contribution in [-0.4, -0.2) is 127 Å². The van der Waals surface area contributed by atoms with Gasteiger partial charge in [-0.15, -0.1) is 32.9 Å². The van der Waals surface area contributed by atoms with Crippen molar-refractivity contribution in [3.05, 3.63) is 86.1 Å². The minimum atomic E-state index is -3.79. The average Bonchev–Trinajstić information content (AvgIpc) is 3.30. The van der Waals surface area contributed by atoms with Crippen LogP contribution >= 0.6 is 0 Å². The van der Waals surface area contributed by atoms with E-state index in [1.807, 2.05) is 0 Å². The van der Waals surface area contributed by atoms with Gasteiger partial charge in [-0.25, -0.2) is 9.59 Å². The van der Waals surface area contributed by atoms with Crippen LogP contribution in [0.5, 0.6) is 0 Å². The van der Waals surface area contributed by atoms with Crippen LogP contribution in [0.2, 0.25) is 0 Å². The van der Waals surface area contributed by atoms with Crippen LogP contribution in [0.1, 0.15) is 32.1 Å². The summed E-state index contributed by atoms with van der Waals surface area (Å²) < 4.78 is 27.8. The fraction of sp³-hybridized carbons (Fsp3) is 0.515. The zero-order chi connectivity index (χ0) is 36.3. The summed E-state index contributed by atoms with van der Waals surface area (Å²) >= 11 is 0. The Bertz CT molecular complexity index is 1250. The van der Waals surface area contributed by atoms with Gasteiger partial charge in [-0.2, -0.15) is 0 Å². The van der Waals surface area contributed by atoms with Crippen LogP contribution in [0.4, 0.5) is 0 Å². The molecule has 2 heterocycles. The highest BCUT2D eigenvalue weighted by Gasteiger charge is 2.75. The molecular formula is C33H46O15. The molecule has 2 rings (SSSR count). The smallest absolute Gasteiger partial charge is 0.405 e. The van der Waals surface area contributed by atoms with E-state index >= 15 is 0 Å². The molecule has 0 bridgehead atoms. The maximum absolute atomic E-state index is 14.1. The minimum absolute atomic E-state index is 0.116. The van der Waals surface area contributed by atoms with E-state index in [4.69, 9.17) is 23.7 Å². The molecule has 8 N–H and O–H groups in total. The van der Waals surface area contributed by atoms with E-state index in [0.29, 0.717) is 5.57 Å². The average molecular weight is 683 g/mol. The van der Waals surface area contributed by atoms with Gasteiger partial charge in [0.15, 0.2) is 6.10 Å². The van der Waals surface area contributed by atoms with Crippen molar-refractivity contribution in [3.63, 3.8) is 0 Å². The number of carbonyl (C=O) groups excluding carboxylic acids is 2. The summed E-state index contributed by atoms with van der Waals surface area (Å²) in [7, 11) is 0. The first-order valence-electron chi connectivity index (χ1n) is 15.0. The number of hydrogen-bond donors (Lipinski definition) is 8. The summed E-state index contributed by atoms with van der Waals surface area (Å²) in [5, 5.41) is 86.1. The highest BCUT2D eigenvalue weighted by molar-refractivity contribution is 5.90. The first-order chi connectivity index (χ1) is 22.7. The molecule has 1 unspecified atom stereocenters. The van der Waals surface area contributed by atoms with Crippen molar-refractivity contribution in [1.29, 1.82) is 0 Å². The molecule has 2 aliphatic rings. The number of aliphatic hydroxyl groups excluding tert-OH is 7. The van der Waals surface area contributed by atoms with Crippen LogP contribution in [0.3, 0.4) is 0 Å². The molecule has 9 atom stereocenters. The van der Waals surface area contributed by atoms with Gasteiger partial charge in [0.25, 0.3) is 0 Å². The van der Waals surface area contributed by atoms with Crippen molar-refractivity contribution < 1.29 is 74.1 Å². The number of hydrogen-bond acceptors (Lipinski definition) is 15. The molecular weight excluding hydrogens is 636 g/mol. The van der Waals surface area contributed by atoms with Crippen molar-refractivity contribution >= 4 is 11.9 Å². The number of esters is 2. The molecule has 268 valence electrons. The summed E-state index contributed by atoms with van der Waals surface area (Å²) in [5.74, 6) is -13.2. The van der Waals surface area contributed by atoms with Crippen molar-refractivity contribution in [2.24, 2.45) is 0 Å². The fourth-order valence-electron chi connectivity index (χ4n) is 5.15. The van der Waals surface area contributed by atoms with Crippen LogP contribution in [0, 0.1) is 0 Å². The Hall–Kier alpha value is -3.32. The first kappa shape index (κ1) is 40.9. The zero-order valence-corrected chi connectivity index (χ0v) is 26.6. The molecule has 2 saturated heterocycles. The third kappa shape index (κ3) is 8.27. The zero-order valence-electron chi connectivity index (χ0n) is 26.6. The van der Waals surface area contributed by atoms with Gasteiger partial charge in [0.05, 0.1) is 13.2 Å². The molecule has 0 saturated carbocycles.